The van der Waals surface area contributed by atoms with Gasteiger partial charge in [-0.15, -0.1) is 0 Å². The van der Waals surface area contributed by atoms with Gasteiger partial charge in [-0.2, -0.15) is 0 Å². The number of likely N-dealkylation sites (tertiary alicyclic amines) is 1. The molecule has 10 heteroatoms. The van der Waals surface area contributed by atoms with Crippen LogP contribution in [-0.2, 0) is 17.6 Å². The molecule has 1 unspecified atom stereocenters. The highest BCUT2D eigenvalue weighted by Crippen LogP contribution is 2.43. The predicted molar refractivity (Wildman–Crippen MR) is 160 cm³/mol. The second kappa shape index (κ2) is 12.8. The fraction of sp³-hybridized carbons (Fsp3) is 0.419. The molecule has 2 aromatic heterocycles. The number of halogens is 2. The van der Waals surface area contributed by atoms with E-state index in [1.54, 1.807) is 0 Å². The van der Waals surface area contributed by atoms with Crippen molar-refractivity contribution in [2.45, 2.75) is 58.3 Å². The molecule has 0 N–H and O–H groups in total. The summed E-state index contributed by atoms with van der Waals surface area (Å²) < 4.78 is 0.984. The van der Waals surface area contributed by atoms with E-state index >= 15 is 0 Å². The van der Waals surface area contributed by atoms with Crippen molar-refractivity contribution in [3.8, 4) is 0 Å². The van der Waals surface area contributed by atoms with Gasteiger partial charge < -0.3 is 4.90 Å². The van der Waals surface area contributed by atoms with E-state index in [-0.39, 0.29) is 36.2 Å². The monoisotopic (exact) mass is 637 g/mol. The number of amides is 3. The number of fused-ring (bicyclic) bond motifs is 3. The van der Waals surface area contributed by atoms with Crippen LogP contribution in [0.2, 0.25) is 5.02 Å². The number of rotatable bonds is 5. The highest BCUT2D eigenvalue weighted by molar-refractivity contribution is 9.10. The number of carbonyl (C=O) groups is 3. The Hall–Kier alpha value is -3.17. The van der Waals surface area contributed by atoms with Crippen LogP contribution in [0.3, 0.4) is 0 Å². The van der Waals surface area contributed by atoms with E-state index in [0.29, 0.717) is 25.4 Å². The van der Waals surface area contributed by atoms with Gasteiger partial charge in [-0.25, -0.2) is 9.97 Å². The summed E-state index contributed by atoms with van der Waals surface area (Å²) in [4.78, 5) is 54.0. The SMILES string of the molecule is CC.O=C(CCCN1C(=O)c2nccnc2C1=O)N1CCC(C2c3ccc(Cl)cc3CCc3cc(Br)cnc32)CC1. The Bertz CT molecular complexity index is 1390. The largest absolute Gasteiger partial charge is 0.343 e. The van der Waals surface area contributed by atoms with Gasteiger partial charge in [0.15, 0.2) is 11.4 Å². The average molecular weight is 639 g/mol. The molecule has 6 rings (SSSR count). The first kappa shape index (κ1) is 29.3. The van der Waals surface area contributed by atoms with Gasteiger partial charge in [-0.1, -0.05) is 31.5 Å². The van der Waals surface area contributed by atoms with Crippen molar-refractivity contribution in [2.24, 2.45) is 5.92 Å². The van der Waals surface area contributed by atoms with Crippen molar-refractivity contribution >= 4 is 45.3 Å². The maximum atomic E-state index is 13.0. The number of benzene rings is 1. The van der Waals surface area contributed by atoms with Crippen molar-refractivity contribution in [3.63, 3.8) is 0 Å². The minimum atomic E-state index is -0.442. The van der Waals surface area contributed by atoms with Gasteiger partial charge in [0.1, 0.15) is 0 Å². The lowest BCUT2D eigenvalue weighted by Gasteiger charge is -2.37. The molecule has 0 spiro atoms. The third-order valence-electron chi connectivity index (χ3n) is 8.10. The average Bonchev–Trinajstić information content (AvgIpc) is 3.13. The van der Waals surface area contributed by atoms with E-state index < -0.39 is 11.8 Å². The lowest BCUT2D eigenvalue weighted by atomic mass is 9.76. The van der Waals surface area contributed by atoms with Crippen LogP contribution in [-0.4, -0.2) is 62.1 Å². The third kappa shape index (κ3) is 5.93. The van der Waals surface area contributed by atoms with Crippen molar-refractivity contribution in [2.75, 3.05) is 19.6 Å². The van der Waals surface area contributed by atoms with Crippen LogP contribution < -0.4 is 0 Å². The summed E-state index contributed by atoms with van der Waals surface area (Å²) in [5.74, 6) is -0.310. The molecule has 3 aromatic rings. The Morgan fingerprint density at radius 1 is 0.976 bits per heavy atom. The fourth-order valence-corrected chi connectivity index (χ4v) is 6.76. The molecular weight excluding hydrogens is 606 g/mol. The topological polar surface area (TPSA) is 96.4 Å². The molecule has 41 heavy (non-hydrogen) atoms. The Morgan fingerprint density at radius 2 is 1.63 bits per heavy atom. The standard InChI is InChI=1S/C29H27BrClN5O3.C2H6/c30-20-14-19-4-3-18-15-21(31)5-6-22(18)24(25(19)34-16-20)17-7-12-35(13-8-17)23(37)2-1-11-36-28(38)26-27(29(36)39)33-10-9-32-26;1-2/h5-6,9-10,14-17,24H,1-4,7-8,11-13H2;1-2H3. The molecule has 3 aliphatic rings. The lowest BCUT2D eigenvalue weighted by Crippen LogP contribution is -2.40. The number of imide groups is 1. The molecule has 1 aromatic carbocycles. The number of aromatic nitrogens is 3. The Balaban J connectivity index is 0.00000165. The summed E-state index contributed by atoms with van der Waals surface area (Å²) in [5.41, 5.74) is 5.14. The Kier molecular flexibility index (Phi) is 9.14. The van der Waals surface area contributed by atoms with Gasteiger partial charge >= 0.3 is 0 Å². The van der Waals surface area contributed by atoms with E-state index in [1.807, 2.05) is 31.0 Å². The van der Waals surface area contributed by atoms with E-state index in [0.717, 1.165) is 45.8 Å². The molecule has 0 bridgehead atoms. The van der Waals surface area contributed by atoms with Gasteiger partial charge in [0.05, 0.1) is 5.69 Å². The van der Waals surface area contributed by atoms with Crippen LogP contribution >= 0.6 is 27.5 Å². The predicted octanol–water partition coefficient (Wildman–Crippen LogP) is 5.86. The van der Waals surface area contributed by atoms with Crippen LogP contribution in [0.5, 0.6) is 0 Å². The number of nitrogens with zero attached hydrogens (tertiary/aromatic N) is 5. The van der Waals surface area contributed by atoms with Gasteiger partial charge in [0.2, 0.25) is 5.91 Å². The quantitative estimate of drug-likeness (QED) is 0.325. The summed E-state index contributed by atoms with van der Waals surface area (Å²) in [6.45, 7) is 5.53. The fourth-order valence-electron chi connectivity index (χ4n) is 6.19. The molecular formula is C31H33BrClN5O3. The van der Waals surface area contributed by atoms with Crippen LogP contribution in [0.4, 0.5) is 0 Å². The molecule has 0 radical (unpaired) electrons. The van der Waals surface area contributed by atoms with Crippen molar-refractivity contribution < 1.29 is 14.4 Å². The summed E-state index contributed by atoms with van der Waals surface area (Å²) in [7, 11) is 0. The van der Waals surface area contributed by atoms with Crippen molar-refractivity contribution in [1.29, 1.82) is 0 Å². The normalized spacial score (nSPS) is 18.2. The number of aryl methyl sites for hydroxylation is 2. The zero-order valence-electron chi connectivity index (χ0n) is 23.3. The van der Waals surface area contributed by atoms with Crippen LogP contribution in [0, 0.1) is 5.92 Å². The number of hydrogen-bond donors (Lipinski definition) is 0. The molecule has 3 amide bonds. The molecule has 1 aliphatic carbocycles. The second-order valence-electron chi connectivity index (χ2n) is 10.4. The van der Waals surface area contributed by atoms with E-state index in [9.17, 15) is 14.4 Å². The molecule has 4 heterocycles. The maximum Gasteiger partial charge on any atom is 0.281 e. The zero-order valence-corrected chi connectivity index (χ0v) is 25.6. The smallest absolute Gasteiger partial charge is 0.281 e. The lowest BCUT2D eigenvalue weighted by molar-refractivity contribution is -0.132. The first-order valence-electron chi connectivity index (χ1n) is 14.3. The summed E-state index contributed by atoms with van der Waals surface area (Å²) in [5, 5.41) is 0.752. The molecule has 2 aliphatic heterocycles. The number of piperidine rings is 1. The molecule has 1 saturated heterocycles. The van der Waals surface area contributed by atoms with Gasteiger partial charge in [0.25, 0.3) is 11.8 Å². The number of hydrogen-bond acceptors (Lipinski definition) is 6. The molecule has 214 valence electrons. The van der Waals surface area contributed by atoms with Crippen molar-refractivity contribution in [1.82, 2.24) is 24.8 Å². The highest BCUT2D eigenvalue weighted by atomic mass is 79.9. The highest BCUT2D eigenvalue weighted by Gasteiger charge is 2.38. The van der Waals surface area contributed by atoms with Crippen molar-refractivity contribution in [3.05, 3.63) is 86.1 Å². The molecule has 1 atom stereocenters. The van der Waals surface area contributed by atoms with Gasteiger partial charge in [0, 0.05) is 60.1 Å². The molecule has 8 nitrogen and oxygen atoms in total. The Morgan fingerprint density at radius 3 is 2.32 bits per heavy atom. The minimum Gasteiger partial charge on any atom is -0.343 e. The van der Waals surface area contributed by atoms with Crippen LogP contribution in [0.15, 0.2) is 47.3 Å². The van der Waals surface area contributed by atoms with Gasteiger partial charge in [-0.05, 0) is 88.8 Å². The third-order valence-corrected chi connectivity index (χ3v) is 8.76. The zero-order chi connectivity index (χ0) is 29.1. The van der Waals surface area contributed by atoms with Crippen LogP contribution in [0.1, 0.15) is 88.8 Å². The van der Waals surface area contributed by atoms with Crippen LogP contribution in [0.25, 0.3) is 0 Å². The molecule has 0 saturated carbocycles. The number of carbonyl (C=O) groups excluding carboxylic acids is 3. The number of pyridine rings is 1. The summed E-state index contributed by atoms with van der Waals surface area (Å²) in [6, 6.07) is 8.39. The second-order valence-corrected chi connectivity index (χ2v) is 11.7. The summed E-state index contributed by atoms with van der Waals surface area (Å²) >= 11 is 9.95. The van der Waals surface area contributed by atoms with E-state index in [2.05, 4.69) is 44.1 Å². The van der Waals surface area contributed by atoms with E-state index in [1.165, 1.54) is 29.1 Å². The maximum absolute atomic E-state index is 13.0. The molecule has 1 fully saturated rings. The Labute approximate surface area is 253 Å². The van der Waals surface area contributed by atoms with E-state index in [4.69, 9.17) is 16.6 Å². The first-order chi connectivity index (χ1) is 19.9. The van der Waals surface area contributed by atoms with Gasteiger partial charge in [-0.3, -0.25) is 24.3 Å². The minimum absolute atomic E-state index is 0.0526. The summed E-state index contributed by atoms with van der Waals surface area (Å²) in [6.07, 6.45) is 8.97. The first-order valence-corrected chi connectivity index (χ1v) is 15.5.